The van der Waals surface area contributed by atoms with E-state index in [0.717, 1.165) is 36.8 Å². The first-order chi connectivity index (χ1) is 8.61. The fraction of sp³-hybridized carbons (Fsp3) is 0.571. The molecule has 0 bridgehead atoms. The van der Waals surface area contributed by atoms with E-state index in [1.807, 2.05) is 6.07 Å². The molecule has 3 nitrogen and oxygen atoms in total. The molecule has 1 unspecified atom stereocenters. The topological polar surface area (TPSA) is 38.5 Å². The molecule has 1 aromatic carbocycles. The largest absolute Gasteiger partial charge is 0.374 e. The van der Waals surface area contributed by atoms with Crippen molar-refractivity contribution in [2.75, 3.05) is 31.1 Å². The predicted molar refractivity (Wildman–Crippen MR) is 76.6 cm³/mol. The highest BCUT2D eigenvalue weighted by molar-refractivity contribution is 6.33. The van der Waals surface area contributed by atoms with Gasteiger partial charge in [0.15, 0.2) is 0 Å². The third-order valence-corrected chi connectivity index (χ3v) is 3.63. The predicted octanol–water partition coefficient (Wildman–Crippen LogP) is 2.51. The molecule has 0 saturated carbocycles. The van der Waals surface area contributed by atoms with Crippen molar-refractivity contribution in [2.45, 2.75) is 26.4 Å². The van der Waals surface area contributed by atoms with Gasteiger partial charge in [0.2, 0.25) is 0 Å². The lowest BCUT2D eigenvalue weighted by atomic mass is 10.1. The molecular formula is C14H21ClN2O. The number of hydrogen-bond donors (Lipinski definition) is 1. The zero-order valence-electron chi connectivity index (χ0n) is 11.1. The summed E-state index contributed by atoms with van der Waals surface area (Å²) in [6.07, 6.45) is 1.12. The Morgan fingerprint density at radius 3 is 2.89 bits per heavy atom. The van der Waals surface area contributed by atoms with E-state index >= 15 is 0 Å². The average Bonchev–Trinajstić information content (AvgIpc) is 2.28. The second-order valence-electron chi connectivity index (χ2n) is 4.93. The van der Waals surface area contributed by atoms with E-state index < -0.39 is 0 Å². The zero-order chi connectivity index (χ0) is 13.1. The monoisotopic (exact) mass is 268 g/mol. The normalized spacial score (nSPS) is 20.2. The van der Waals surface area contributed by atoms with Crippen LogP contribution in [0.1, 0.15) is 17.5 Å². The molecule has 18 heavy (non-hydrogen) atoms. The number of ether oxygens (including phenoxy) is 1. The van der Waals surface area contributed by atoms with E-state index in [2.05, 4.69) is 24.8 Å². The van der Waals surface area contributed by atoms with Crippen LogP contribution in [-0.4, -0.2) is 32.3 Å². The molecule has 1 fully saturated rings. The molecule has 100 valence electrons. The van der Waals surface area contributed by atoms with Gasteiger partial charge in [-0.2, -0.15) is 0 Å². The summed E-state index contributed by atoms with van der Waals surface area (Å²) in [5.74, 6) is 0. The van der Waals surface area contributed by atoms with Crippen LogP contribution in [0.2, 0.25) is 5.02 Å². The van der Waals surface area contributed by atoms with E-state index in [9.17, 15) is 0 Å². The molecule has 2 N–H and O–H groups in total. The van der Waals surface area contributed by atoms with Crippen LogP contribution in [0.4, 0.5) is 5.69 Å². The number of anilines is 1. The Morgan fingerprint density at radius 2 is 2.22 bits per heavy atom. The molecular weight excluding hydrogens is 248 g/mol. The van der Waals surface area contributed by atoms with Crippen molar-refractivity contribution >= 4 is 17.3 Å². The van der Waals surface area contributed by atoms with Gasteiger partial charge in [0.25, 0.3) is 0 Å². The summed E-state index contributed by atoms with van der Waals surface area (Å²) in [4.78, 5) is 2.32. The highest BCUT2D eigenvalue weighted by atomic mass is 35.5. The van der Waals surface area contributed by atoms with E-state index in [4.69, 9.17) is 22.1 Å². The van der Waals surface area contributed by atoms with E-state index in [-0.39, 0.29) is 6.10 Å². The Kier molecular flexibility index (Phi) is 4.49. The Bertz CT molecular complexity index is 397. The van der Waals surface area contributed by atoms with Crippen molar-refractivity contribution in [1.82, 2.24) is 0 Å². The van der Waals surface area contributed by atoms with Crippen molar-refractivity contribution in [3.63, 3.8) is 0 Å². The minimum atomic E-state index is 0.223. The average molecular weight is 269 g/mol. The van der Waals surface area contributed by atoms with Gasteiger partial charge < -0.3 is 15.4 Å². The fourth-order valence-corrected chi connectivity index (χ4v) is 3.03. The zero-order valence-corrected chi connectivity index (χ0v) is 11.8. The van der Waals surface area contributed by atoms with Crippen molar-refractivity contribution in [2.24, 2.45) is 5.73 Å². The van der Waals surface area contributed by atoms with Gasteiger partial charge in [-0.1, -0.05) is 17.7 Å². The number of nitrogens with zero attached hydrogens (tertiary/aromatic N) is 1. The fourth-order valence-electron chi connectivity index (χ4n) is 2.59. The van der Waals surface area contributed by atoms with Crippen molar-refractivity contribution in [3.8, 4) is 0 Å². The molecule has 1 aliphatic heterocycles. The summed E-state index contributed by atoms with van der Waals surface area (Å²) in [7, 11) is 0. The van der Waals surface area contributed by atoms with Crippen LogP contribution in [-0.2, 0) is 4.74 Å². The molecule has 0 aromatic heterocycles. The van der Waals surface area contributed by atoms with Crippen LogP contribution in [0.15, 0.2) is 12.1 Å². The standard InChI is InChI=1S/C14H21ClN2O/c1-10-7-11(2)14(13(15)8-10)17-5-6-18-12(9-17)3-4-16/h7-8,12H,3-6,9,16H2,1-2H3. The number of nitrogens with two attached hydrogens (primary N) is 1. The lowest BCUT2D eigenvalue weighted by Crippen LogP contribution is -2.43. The summed E-state index contributed by atoms with van der Waals surface area (Å²) in [6.45, 7) is 7.36. The quantitative estimate of drug-likeness (QED) is 0.916. The Hall–Kier alpha value is -0.770. The van der Waals surface area contributed by atoms with Gasteiger partial charge in [-0.15, -0.1) is 0 Å². The second-order valence-corrected chi connectivity index (χ2v) is 5.34. The number of morpholine rings is 1. The van der Waals surface area contributed by atoms with Gasteiger partial charge in [0.05, 0.1) is 23.4 Å². The molecule has 0 aliphatic carbocycles. The maximum absolute atomic E-state index is 6.39. The van der Waals surface area contributed by atoms with Crippen LogP contribution in [0.25, 0.3) is 0 Å². The van der Waals surface area contributed by atoms with Crippen molar-refractivity contribution in [3.05, 3.63) is 28.3 Å². The highest BCUT2D eigenvalue weighted by Gasteiger charge is 2.22. The van der Waals surface area contributed by atoms with Crippen molar-refractivity contribution in [1.29, 1.82) is 0 Å². The summed E-state index contributed by atoms with van der Waals surface area (Å²) < 4.78 is 5.71. The minimum Gasteiger partial charge on any atom is -0.374 e. The molecule has 0 spiro atoms. The minimum absolute atomic E-state index is 0.223. The van der Waals surface area contributed by atoms with E-state index in [1.54, 1.807) is 0 Å². The van der Waals surface area contributed by atoms with Gasteiger partial charge >= 0.3 is 0 Å². The molecule has 1 aliphatic rings. The number of halogens is 1. The molecule has 4 heteroatoms. The summed E-state index contributed by atoms with van der Waals surface area (Å²) in [5.41, 5.74) is 9.18. The number of aryl methyl sites for hydroxylation is 2. The first-order valence-corrected chi connectivity index (χ1v) is 6.83. The Labute approximate surface area is 114 Å². The molecule has 0 amide bonds. The van der Waals surface area contributed by atoms with Gasteiger partial charge in [-0.3, -0.25) is 0 Å². The number of hydrogen-bond acceptors (Lipinski definition) is 3. The van der Waals surface area contributed by atoms with Crippen LogP contribution >= 0.6 is 11.6 Å². The summed E-state index contributed by atoms with van der Waals surface area (Å²) >= 11 is 6.39. The number of rotatable bonds is 3. The van der Waals surface area contributed by atoms with Crippen LogP contribution in [0, 0.1) is 13.8 Å². The Balaban J connectivity index is 2.20. The van der Waals surface area contributed by atoms with Gasteiger partial charge in [-0.05, 0) is 44.0 Å². The molecule has 1 heterocycles. The third kappa shape index (κ3) is 2.97. The van der Waals surface area contributed by atoms with E-state index in [1.165, 1.54) is 11.1 Å². The molecule has 1 atom stereocenters. The van der Waals surface area contributed by atoms with Gasteiger partial charge in [0, 0.05) is 13.1 Å². The SMILES string of the molecule is Cc1cc(C)c(N2CCOC(CCN)C2)c(Cl)c1. The number of benzene rings is 1. The van der Waals surface area contributed by atoms with Crippen LogP contribution in [0.3, 0.4) is 0 Å². The van der Waals surface area contributed by atoms with Gasteiger partial charge in [-0.25, -0.2) is 0 Å². The lowest BCUT2D eigenvalue weighted by molar-refractivity contribution is 0.0368. The Morgan fingerprint density at radius 1 is 1.44 bits per heavy atom. The summed E-state index contributed by atoms with van der Waals surface area (Å²) in [6, 6.07) is 4.20. The van der Waals surface area contributed by atoms with Crippen molar-refractivity contribution < 1.29 is 4.74 Å². The second kappa shape index (κ2) is 5.91. The highest BCUT2D eigenvalue weighted by Crippen LogP contribution is 2.32. The third-order valence-electron chi connectivity index (χ3n) is 3.34. The van der Waals surface area contributed by atoms with Gasteiger partial charge in [0.1, 0.15) is 0 Å². The molecule has 1 saturated heterocycles. The maximum Gasteiger partial charge on any atom is 0.0762 e. The van der Waals surface area contributed by atoms with Crippen LogP contribution < -0.4 is 10.6 Å². The van der Waals surface area contributed by atoms with Crippen LogP contribution in [0.5, 0.6) is 0 Å². The first-order valence-electron chi connectivity index (χ1n) is 6.45. The van der Waals surface area contributed by atoms with E-state index in [0.29, 0.717) is 6.54 Å². The first kappa shape index (κ1) is 13.7. The molecule has 0 radical (unpaired) electrons. The smallest absolute Gasteiger partial charge is 0.0762 e. The summed E-state index contributed by atoms with van der Waals surface area (Å²) in [5, 5.41) is 0.834. The lowest BCUT2D eigenvalue weighted by Gasteiger charge is -2.36. The maximum atomic E-state index is 6.39. The molecule has 1 aromatic rings. The molecule has 2 rings (SSSR count).